The van der Waals surface area contributed by atoms with Crippen molar-refractivity contribution in [2.75, 3.05) is 23.8 Å². The average molecular weight is 552 g/mol. The quantitative estimate of drug-likeness (QED) is 0.153. The van der Waals surface area contributed by atoms with Gasteiger partial charge in [-0.15, -0.1) is 0 Å². The topological polar surface area (TPSA) is 138 Å². The summed E-state index contributed by atoms with van der Waals surface area (Å²) in [6.07, 6.45) is 7.59. The minimum Gasteiger partial charge on any atom is -0.399 e. The fraction of sp³-hybridized carbons (Fsp3) is 0.444. The highest BCUT2D eigenvalue weighted by molar-refractivity contribution is 7.86. The molecule has 0 fully saturated rings. The molecule has 0 radical (unpaired) electrons. The molecule has 1 aliphatic heterocycles. The lowest BCUT2D eigenvalue weighted by Crippen LogP contribution is -2.27. The lowest BCUT2D eigenvalue weighted by atomic mass is 9.81. The molecule has 10 heteroatoms. The Labute approximate surface area is 221 Å². The number of para-hydroxylation sites is 1. The number of allylic oxidation sites excluding steroid dienone is 1. The molecule has 2 aromatic rings. The van der Waals surface area contributed by atoms with Crippen LogP contribution >= 0.6 is 0 Å². The molecule has 1 heterocycles. The van der Waals surface area contributed by atoms with Crippen molar-refractivity contribution in [2.45, 2.75) is 58.3 Å². The molecule has 1 aliphatic rings. The Morgan fingerprint density at radius 1 is 0.838 bits per heavy atom. The number of hydrogen-bond acceptors (Lipinski definition) is 5. The van der Waals surface area contributed by atoms with Gasteiger partial charge in [0.05, 0.1) is 16.9 Å². The van der Waals surface area contributed by atoms with Crippen LogP contribution in [0.4, 0.5) is 11.4 Å². The van der Waals surface area contributed by atoms with Gasteiger partial charge in [0, 0.05) is 29.8 Å². The van der Waals surface area contributed by atoms with E-state index in [2.05, 4.69) is 73.9 Å². The van der Waals surface area contributed by atoms with Gasteiger partial charge in [-0.05, 0) is 50.5 Å². The maximum Gasteiger partial charge on any atom is 0.264 e. The molecule has 4 N–H and O–H groups in total. The minimum absolute atomic E-state index is 0.0225. The molecular formula is C27H39N2O6S2+. The van der Waals surface area contributed by atoms with E-state index in [1.54, 1.807) is 0 Å². The third-order valence-corrected chi connectivity index (χ3v) is 7.82. The predicted molar refractivity (Wildman–Crippen MR) is 151 cm³/mol. The molecule has 3 rings (SSSR count). The van der Waals surface area contributed by atoms with Crippen LogP contribution < -0.4 is 5.73 Å². The van der Waals surface area contributed by atoms with Gasteiger partial charge in [0.2, 0.25) is 5.69 Å². The number of rotatable bonds is 11. The smallest absolute Gasteiger partial charge is 0.264 e. The van der Waals surface area contributed by atoms with Crippen molar-refractivity contribution in [3.05, 3.63) is 65.7 Å². The molecule has 0 aliphatic carbocycles. The summed E-state index contributed by atoms with van der Waals surface area (Å²) >= 11 is 0. The average Bonchev–Trinajstić information content (AvgIpc) is 3.02. The number of anilines is 1. The van der Waals surface area contributed by atoms with Crippen LogP contribution in [0.1, 0.15) is 64.0 Å². The van der Waals surface area contributed by atoms with Crippen LogP contribution in [0, 0.1) is 0 Å². The van der Waals surface area contributed by atoms with Crippen molar-refractivity contribution in [3.8, 4) is 0 Å². The Balaban J connectivity index is 0.000000317. The van der Waals surface area contributed by atoms with Gasteiger partial charge in [-0.1, -0.05) is 50.1 Å². The second kappa shape index (κ2) is 13.3. The summed E-state index contributed by atoms with van der Waals surface area (Å²) in [6, 6.07) is 16.8. The standard InChI is InChI=1S/C22H26N2.C5H12O6S2/c1-4-5-16-24-20-9-7-6-8-19(20)22(2,3)21(24)15-12-17-10-13-18(23)14-11-17;6-12(7,8)4-2-1-3-5-13(9,10)11/h6-15,23H,4-5,16H2,1-3H3;1-5H2,(H,6,7,8)(H,9,10,11)/p+1. The largest absolute Gasteiger partial charge is 0.399 e. The molecule has 0 spiro atoms. The van der Waals surface area contributed by atoms with Crippen LogP contribution in [0.25, 0.3) is 6.08 Å². The summed E-state index contributed by atoms with van der Waals surface area (Å²) < 4.78 is 59.8. The number of nitrogens with two attached hydrogens (primary N) is 1. The summed E-state index contributed by atoms with van der Waals surface area (Å²) in [5.41, 5.74) is 11.9. The first-order valence-corrected chi connectivity index (χ1v) is 15.6. The number of unbranched alkanes of at least 4 members (excludes halogenated alkanes) is 3. The van der Waals surface area contributed by atoms with Gasteiger partial charge in [-0.25, -0.2) is 0 Å². The van der Waals surface area contributed by atoms with Crippen molar-refractivity contribution in [1.82, 2.24) is 0 Å². The van der Waals surface area contributed by atoms with Crippen molar-refractivity contribution >= 4 is 43.4 Å². The first-order valence-electron chi connectivity index (χ1n) is 12.4. The van der Waals surface area contributed by atoms with Crippen LogP contribution in [0.3, 0.4) is 0 Å². The van der Waals surface area contributed by atoms with E-state index in [1.165, 1.54) is 35.4 Å². The van der Waals surface area contributed by atoms with Gasteiger partial charge in [-0.2, -0.15) is 21.4 Å². The zero-order valence-electron chi connectivity index (χ0n) is 21.8. The van der Waals surface area contributed by atoms with E-state index in [0.717, 1.165) is 12.2 Å². The number of benzene rings is 2. The van der Waals surface area contributed by atoms with Crippen molar-refractivity contribution < 1.29 is 30.5 Å². The van der Waals surface area contributed by atoms with Crippen LogP contribution in [0.15, 0.2) is 54.6 Å². The zero-order valence-corrected chi connectivity index (χ0v) is 23.4. The van der Waals surface area contributed by atoms with Gasteiger partial charge in [-0.3, -0.25) is 9.11 Å². The highest BCUT2D eigenvalue weighted by Gasteiger charge is 2.43. The van der Waals surface area contributed by atoms with Crippen LogP contribution in [0.5, 0.6) is 0 Å². The molecule has 0 atom stereocenters. The molecule has 37 heavy (non-hydrogen) atoms. The first-order chi connectivity index (χ1) is 17.2. The maximum absolute atomic E-state index is 10.2. The predicted octanol–water partition coefficient (Wildman–Crippen LogP) is 5.09. The molecule has 0 unspecified atom stereocenters. The fourth-order valence-electron chi connectivity index (χ4n) is 4.23. The highest BCUT2D eigenvalue weighted by Crippen LogP contribution is 2.40. The summed E-state index contributed by atoms with van der Waals surface area (Å²) in [7, 11) is -7.90. The summed E-state index contributed by atoms with van der Waals surface area (Å²) in [5, 5.41) is 0. The van der Waals surface area contributed by atoms with Crippen molar-refractivity contribution in [2.24, 2.45) is 0 Å². The zero-order chi connectivity index (χ0) is 27.7. The first kappa shape index (κ1) is 30.7. The highest BCUT2D eigenvalue weighted by atomic mass is 32.2. The van der Waals surface area contributed by atoms with E-state index in [1.807, 2.05) is 12.1 Å². The summed E-state index contributed by atoms with van der Waals surface area (Å²) in [6.45, 7) is 7.95. The third kappa shape index (κ3) is 10.0. The normalized spacial score (nSPS) is 14.9. The van der Waals surface area contributed by atoms with E-state index < -0.39 is 20.2 Å². The Morgan fingerprint density at radius 3 is 1.95 bits per heavy atom. The van der Waals surface area contributed by atoms with Crippen LogP contribution in [-0.2, 0) is 25.7 Å². The van der Waals surface area contributed by atoms with Crippen LogP contribution in [0.2, 0.25) is 0 Å². The van der Waals surface area contributed by atoms with E-state index >= 15 is 0 Å². The van der Waals surface area contributed by atoms with Crippen molar-refractivity contribution in [1.29, 1.82) is 0 Å². The van der Waals surface area contributed by atoms with Gasteiger partial charge >= 0.3 is 0 Å². The number of fused-ring (bicyclic) bond motifs is 1. The molecular weight excluding hydrogens is 512 g/mol. The monoisotopic (exact) mass is 551 g/mol. The summed E-state index contributed by atoms with van der Waals surface area (Å²) in [5.74, 6) is -0.753. The van der Waals surface area contributed by atoms with Gasteiger partial charge < -0.3 is 5.73 Å². The Bertz CT molecular complexity index is 1280. The second-order valence-electron chi connectivity index (χ2n) is 9.67. The molecule has 0 saturated carbocycles. The lowest BCUT2D eigenvalue weighted by molar-refractivity contribution is -0.438. The van der Waals surface area contributed by atoms with E-state index in [0.29, 0.717) is 6.42 Å². The molecule has 0 amide bonds. The van der Waals surface area contributed by atoms with E-state index in [-0.39, 0.29) is 29.8 Å². The SMILES string of the molecule is CCCC[N+]1=C(/C=C/c2ccc(N)cc2)C(C)(C)c2ccccc21.O=S(=O)(O)CCCCCS(=O)(=O)O. The summed E-state index contributed by atoms with van der Waals surface area (Å²) in [4.78, 5) is 0. The van der Waals surface area contributed by atoms with E-state index in [4.69, 9.17) is 14.8 Å². The fourth-order valence-corrected chi connectivity index (χ4v) is 5.36. The van der Waals surface area contributed by atoms with Crippen LogP contribution in [-0.4, -0.2) is 54.3 Å². The third-order valence-electron chi connectivity index (χ3n) is 6.21. The second-order valence-corrected chi connectivity index (χ2v) is 12.8. The molecule has 0 aromatic heterocycles. The lowest BCUT2D eigenvalue weighted by Gasteiger charge is -2.15. The molecule has 0 bridgehead atoms. The molecule has 0 saturated heterocycles. The van der Waals surface area contributed by atoms with E-state index in [9.17, 15) is 16.8 Å². The number of nitrogens with zero attached hydrogens (tertiary/aromatic N) is 1. The number of hydrogen-bond donors (Lipinski definition) is 3. The number of nitrogen functional groups attached to an aromatic ring is 1. The Hall–Kier alpha value is -2.53. The van der Waals surface area contributed by atoms with Crippen molar-refractivity contribution in [3.63, 3.8) is 0 Å². The minimum atomic E-state index is -3.95. The molecule has 8 nitrogen and oxygen atoms in total. The maximum atomic E-state index is 10.2. The van der Waals surface area contributed by atoms with Gasteiger partial charge in [0.1, 0.15) is 6.54 Å². The molecule has 204 valence electrons. The Morgan fingerprint density at radius 2 is 1.41 bits per heavy atom. The molecule has 2 aromatic carbocycles. The Kier molecular flexibility index (Phi) is 11.0. The van der Waals surface area contributed by atoms with Gasteiger partial charge in [0.25, 0.3) is 20.2 Å². The van der Waals surface area contributed by atoms with Gasteiger partial charge in [0.15, 0.2) is 5.71 Å².